The Morgan fingerprint density at radius 3 is 1.79 bits per heavy atom. The van der Waals surface area contributed by atoms with Gasteiger partial charge in [0, 0.05) is 11.8 Å². The van der Waals surface area contributed by atoms with Gasteiger partial charge in [0.05, 0.1) is 21.9 Å². The summed E-state index contributed by atoms with van der Waals surface area (Å²) in [5.41, 5.74) is 0.379. The van der Waals surface area contributed by atoms with Crippen molar-refractivity contribution in [3.63, 3.8) is 0 Å². The van der Waals surface area contributed by atoms with Crippen LogP contribution in [0.25, 0.3) is 0 Å². The van der Waals surface area contributed by atoms with E-state index in [9.17, 15) is 0 Å². The minimum Gasteiger partial charge on any atom is -0.348 e. The van der Waals surface area contributed by atoms with E-state index in [4.69, 9.17) is 9.47 Å². The number of rotatable bonds is 3. The first-order chi connectivity index (χ1) is 9.35. The highest BCUT2D eigenvalue weighted by atomic mass is 28.2. The Bertz CT molecular complexity index is 264. The second-order valence-electron chi connectivity index (χ2n) is 6.73. The molecular formula is C16H29O2Si. The minimum atomic E-state index is -0.347. The van der Waals surface area contributed by atoms with Gasteiger partial charge in [0.2, 0.25) is 0 Å². The van der Waals surface area contributed by atoms with Crippen molar-refractivity contribution in [2.75, 3.05) is 6.61 Å². The number of ether oxygens (including phenoxy) is 2. The van der Waals surface area contributed by atoms with Gasteiger partial charge in [-0.05, 0) is 25.7 Å². The Balaban J connectivity index is 1.77. The molecule has 0 spiro atoms. The Labute approximate surface area is 120 Å². The summed E-state index contributed by atoms with van der Waals surface area (Å²) in [7, 11) is -0.347. The third-order valence-electron chi connectivity index (χ3n) is 5.52. The molecule has 1 atom stereocenters. The molecular weight excluding hydrogens is 252 g/mol. The third-order valence-corrected chi connectivity index (χ3v) is 6.56. The Morgan fingerprint density at radius 2 is 1.37 bits per heavy atom. The zero-order chi connectivity index (χ0) is 13.1. The molecule has 3 heteroatoms. The molecule has 1 radical (unpaired) electrons. The lowest BCUT2D eigenvalue weighted by molar-refractivity contribution is -0.245. The molecule has 2 saturated carbocycles. The zero-order valence-corrected chi connectivity index (χ0v) is 13.7. The van der Waals surface area contributed by atoms with Crippen LogP contribution in [0.3, 0.4) is 0 Å². The van der Waals surface area contributed by atoms with Crippen molar-refractivity contribution in [2.24, 2.45) is 11.8 Å². The number of hydrogen-bond donors (Lipinski definition) is 0. The van der Waals surface area contributed by atoms with Crippen molar-refractivity contribution in [3.05, 3.63) is 6.55 Å². The quantitative estimate of drug-likeness (QED) is 0.740. The SMILES string of the molecule is [CH2][SiH2]C1COC(C2CCCCC2)(C2CCCCC2)O1. The number of hydrogen-bond acceptors (Lipinski definition) is 2. The molecule has 19 heavy (non-hydrogen) atoms. The van der Waals surface area contributed by atoms with Gasteiger partial charge in [0.15, 0.2) is 5.79 Å². The van der Waals surface area contributed by atoms with Crippen molar-refractivity contribution in [1.82, 2.24) is 0 Å². The van der Waals surface area contributed by atoms with Crippen LogP contribution in [-0.4, -0.2) is 27.6 Å². The van der Waals surface area contributed by atoms with Crippen molar-refractivity contribution in [1.29, 1.82) is 0 Å². The Morgan fingerprint density at radius 1 is 0.842 bits per heavy atom. The van der Waals surface area contributed by atoms with E-state index < -0.39 is 0 Å². The highest BCUT2D eigenvalue weighted by Crippen LogP contribution is 2.48. The van der Waals surface area contributed by atoms with E-state index in [0.29, 0.717) is 17.6 Å². The lowest BCUT2D eigenvalue weighted by atomic mass is 9.72. The fraction of sp³-hybridized carbons (Fsp3) is 0.938. The van der Waals surface area contributed by atoms with E-state index in [0.717, 1.165) is 6.61 Å². The molecule has 1 unspecified atom stereocenters. The van der Waals surface area contributed by atoms with Crippen LogP contribution >= 0.6 is 0 Å². The van der Waals surface area contributed by atoms with Crippen molar-refractivity contribution in [3.8, 4) is 0 Å². The third kappa shape index (κ3) is 2.79. The summed E-state index contributed by atoms with van der Waals surface area (Å²) in [5.74, 6) is 1.13. The topological polar surface area (TPSA) is 18.5 Å². The maximum atomic E-state index is 6.55. The lowest BCUT2D eigenvalue weighted by Crippen LogP contribution is -2.48. The smallest absolute Gasteiger partial charge is 0.173 e. The molecule has 0 bridgehead atoms. The molecule has 0 N–H and O–H groups in total. The normalized spacial score (nSPS) is 34.3. The summed E-state index contributed by atoms with van der Waals surface area (Å²) in [6.45, 7) is 4.99. The van der Waals surface area contributed by atoms with E-state index in [1.807, 2.05) is 0 Å². The monoisotopic (exact) mass is 281 g/mol. The maximum absolute atomic E-state index is 6.55. The van der Waals surface area contributed by atoms with Gasteiger partial charge in [-0.2, -0.15) is 0 Å². The maximum Gasteiger partial charge on any atom is 0.173 e. The molecule has 1 heterocycles. The van der Waals surface area contributed by atoms with E-state index in [1.165, 1.54) is 64.2 Å². The van der Waals surface area contributed by atoms with Crippen LogP contribution in [0.1, 0.15) is 64.2 Å². The summed E-state index contributed by atoms with van der Waals surface area (Å²) < 4.78 is 12.9. The standard InChI is InChI=1S/C16H29O2Si/c1-19-15-12-17-16(18-15,13-8-4-2-5-9-13)14-10-6-3-7-11-14/h13-15H,1-12,19H2. The average molecular weight is 281 g/mol. The first-order valence-corrected chi connectivity index (χ1v) is 10.3. The zero-order valence-electron chi connectivity index (χ0n) is 12.2. The van der Waals surface area contributed by atoms with Crippen LogP contribution in [-0.2, 0) is 9.47 Å². The Kier molecular flexibility index (Phi) is 4.65. The first-order valence-electron chi connectivity index (χ1n) is 8.46. The largest absolute Gasteiger partial charge is 0.348 e. The minimum absolute atomic E-state index is 0.198. The molecule has 0 amide bonds. The van der Waals surface area contributed by atoms with Crippen molar-refractivity contribution in [2.45, 2.75) is 75.7 Å². The second kappa shape index (κ2) is 6.27. The average Bonchev–Trinajstić information content (AvgIpc) is 2.95. The summed E-state index contributed by atoms with van der Waals surface area (Å²) in [6, 6.07) is 0. The summed E-state index contributed by atoms with van der Waals surface area (Å²) in [4.78, 5) is 0. The fourth-order valence-electron chi connectivity index (χ4n) is 4.47. The molecule has 2 aliphatic carbocycles. The van der Waals surface area contributed by atoms with Gasteiger partial charge < -0.3 is 9.47 Å². The van der Waals surface area contributed by atoms with Gasteiger partial charge in [0.25, 0.3) is 0 Å². The molecule has 109 valence electrons. The molecule has 3 fully saturated rings. The van der Waals surface area contributed by atoms with Gasteiger partial charge in [-0.15, -0.1) is 0 Å². The molecule has 1 aliphatic heterocycles. The van der Waals surface area contributed by atoms with Crippen molar-refractivity contribution >= 4 is 9.52 Å². The molecule has 0 aromatic carbocycles. The van der Waals surface area contributed by atoms with E-state index >= 15 is 0 Å². The lowest BCUT2D eigenvalue weighted by Gasteiger charge is -2.45. The summed E-state index contributed by atoms with van der Waals surface area (Å²) in [5, 5.41) is 0. The van der Waals surface area contributed by atoms with Crippen LogP contribution < -0.4 is 0 Å². The van der Waals surface area contributed by atoms with Gasteiger partial charge in [-0.25, -0.2) is 0 Å². The van der Waals surface area contributed by atoms with Gasteiger partial charge in [-0.3, -0.25) is 0 Å². The van der Waals surface area contributed by atoms with Crippen LogP contribution in [0, 0.1) is 18.4 Å². The van der Waals surface area contributed by atoms with Crippen LogP contribution in [0.5, 0.6) is 0 Å². The summed E-state index contributed by atoms with van der Waals surface area (Å²) >= 11 is 0. The summed E-state index contributed by atoms with van der Waals surface area (Å²) in [6.07, 6.45) is 13.6. The predicted molar refractivity (Wildman–Crippen MR) is 80.6 cm³/mol. The molecule has 3 aliphatic rings. The van der Waals surface area contributed by atoms with Crippen LogP contribution in [0.15, 0.2) is 0 Å². The molecule has 2 nitrogen and oxygen atoms in total. The van der Waals surface area contributed by atoms with Gasteiger partial charge >= 0.3 is 0 Å². The molecule has 3 rings (SSSR count). The van der Waals surface area contributed by atoms with Crippen molar-refractivity contribution < 1.29 is 9.47 Å². The van der Waals surface area contributed by atoms with Gasteiger partial charge in [-0.1, -0.05) is 45.1 Å². The predicted octanol–water partition coefficient (Wildman–Crippen LogP) is 3.18. The van der Waals surface area contributed by atoms with E-state index in [2.05, 4.69) is 6.55 Å². The van der Waals surface area contributed by atoms with Crippen LogP contribution in [0.4, 0.5) is 0 Å². The molecule has 0 aromatic rings. The molecule has 0 aromatic heterocycles. The van der Waals surface area contributed by atoms with Gasteiger partial charge in [0.1, 0.15) is 0 Å². The first kappa shape index (κ1) is 14.1. The Hall–Kier alpha value is 0.137. The van der Waals surface area contributed by atoms with Crippen LogP contribution in [0.2, 0.25) is 0 Å². The highest BCUT2D eigenvalue weighted by Gasteiger charge is 2.52. The molecule has 1 saturated heterocycles. The van der Waals surface area contributed by atoms with E-state index in [-0.39, 0.29) is 15.3 Å². The highest BCUT2D eigenvalue weighted by molar-refractivity contribution is 6.39. The van der Waals surface area contributed by atoms with E-state index in [1.54, 1.807) is 0 Å². The fourth-order valence-corrected chi connectivity index (χ4v) is 5.13. The second-order valence-corrected chi connectivity index (χ2v) is 8.22.